The first kappa shape index (κ1) is 44.9. The van der Waals surface area contributed by atoms with E-state index in [-0.39, 0.29) is 18.1 Å². The van der Waals surface area contributed by atoms with Gasteiger partial charge >= 0.3 is 5.97 Å². The Bertz CT molecular complexity index is 2610. The third-order valence-corrected chi connectivity index (χ3v) is 13.2. The predicted octanol–water partition coefficient (Wildman–Crippen LogP) is 10.6. The molecule has 0 fully saturated rings. The number of pyridine rings is 1. The average molecular weight is 898 g/mol. The maximum atomic E-state index is 14.5. The lowest BCUT2D eigenvalue weighted by atomic mass is 9.90. The third kappa shape index (κ3) is 10.3. The third-order valence-electron chi connectivity index (χ3n) is 12.5. The number of carbonyl (C=O) groups is 2. The molecule has 2 aliphatic heterocycles. The first-order valence-electron chi connectivity index (χ1n) is 21.8. The van der Waals surface area contributed by atoms with E-state index in [4.69, 9.17) is 37.4 Å². The first-order valence-corrected chi connectivity index (χ1v) is 22.6. The molecular formula is C53H54Cl2N4O5. The number of aryl methyl sites for hydroxylation is 1. The molecule has 5 aromatic carbocycles. The monoisotopic (exact) mass is 896 g/mol. The van der Waals surface area contributed by atoms with Crippen molar-refractivity contribution < 1.29 is 23.8 Å². The summed E-state index contributed by atoms with van der Waals surface area (Å²) in [5.74, 6) is 0.899. The molecule has 9 nitrogen and oxygen atoms in total. The highest BCUT2D eigenvalue weighted by Gasteiger charge is 2.36. The molecule has 0 saturated heterocycles. The predicted molar refractivity (Wildman–Crippen MR) is 253 cm³/mol. The Balaban J connectivity index is 1.01. The zero-order valence-electron chi connectivity index (χ0n) is 36.9. The van der Waals surface area contributed by atoms with Gasteiger partial charge in [0.25, 0.3) is 0 Å². The van der Waals surface area contributed by atoms with Crippen molar-refractivity contribution in [3.63, 3.8) is 0 Å². The van der Waals surface area contributed by atoms with Crippen LogP contribution in [-0.2, 0) is 46.8 Å². The van der Waals surface area contributed by atoms with Crippen molar-refractivity contribution in [2.75, 3.05) is 20.7 Å². The van der Waals surface area contributed by atoms with Crippen molar-refractivity contribution in [3.8, 4) is 22.6 Å². The van der Waals surface area contributed by atoms with Crippen molar-refractivity contribution in [1.82, 2.24) is 20.1 Å². The molecule has 0 bridgehead atoms. The molecule has 0 spiro atoms. The van der Waals surface area contributed by atoms with Crippen LogP contribution in [-0.4, -0.2) is 59.4 Å². The number of benzene rings is 5. The smallest absolute Gasteiger partial charge is 0.328 e. The first-order chi connectivity index (χ1) is 31.0. The van der Waals surface area contributed by atoms with Gasteiger partial charge in [0.2, 0.25) is 5.91 Å². The molecule has 0 aliphatic carbocycles. The molecule has 2 aliphatic rings. The van der Waals surface area contributed by atoms with Crippen LogP contribution in [0, 0.1) is 13.8 Å². The Hall–Kier alpha value is -5.71. The zero-order chi connectivity index (χ0) is 44.9. The van der Waals surface area contributed by atoms with Gasteiger partial charge in [0.1, 0.15) is 29.7 Å². The van der Waals surface area contributed by atoms with E-state index in [1.807, 2.05) is 85.9 Å². The van der Waals surface area contributed by atoms with Crippen molar-refractivity contribution in [2.45, 2.75) is 84.0 Å². The number of fused-ring (bicyclic) bond motifs is 2. The number of hydrogen-bond acceptors (Lipinski definition) is 8. The molecule has 3 heterocycles. The number of esters is 1. The molecule has 1 N–H and O–H groups in total. The highest BCUT2D eigenvalue weighted by molar-refractivity contribution is 6.42. The minimum atomic E-state index is -0.865. The van der Waals surface area contributed by atoms with E-state index in [0.717, 1.165) is 79.2 Å². The van der Waals surface area contributed by atoms with Crippen molar-refractivity contribution in [1.29, 1.82) is 0 Å². The Morgan fingerprint density at radius 3 is 2.34 bits per heavy atom. The van der Waals surface area contributed by atoms with Crippen LogP contribution < -0.4 is 14.8 Å². The molecule has 8 rings (SSSR count). The van der Waals surface area contributed by atoms with Gasteiger partial charge in [-0.25, -0.2) is 4.79 Å². The standard InChI is InChI=1S/C53H54Cl2N4O5/c1-6-49(39-18-21-45(54)46(55)26-39)63-43-19-16-38(17-20-43)51-32-58(4)30-42-25-40-27-48(59(29-36-10-8-7-9-11-36)31-41(40)28-50(42)64-51)52(60)57-47(53(61)62-5)24-35-12-14-37(15-13-35)44-22-23-56-34(3)33(44)2/h7-23,25-26,28,47-49,51H,6,24,27,29-32H2,1-5H3,(H,57,60)/t47-,48-,49+,51+/m0/s1. The molecule has 330 valence electrons. The number of amides is 1. The lowest BCUT2D eigenvalue weighted by molar-refractivity contribution is -0.145. The molecule has 6 aromatic rings. The summed E-state index contributed by atoms with van der Waals surface area (Å²) in [4.78, 5) is 36.7. The average Bonchev–Trinajstić information content (AvgIpc) is 3.46. The van der Waals surface area contributed by atoms with Crippen LogP contribution in [0.25, 0.3) is 11.1 Å². The molecule has 1 aromatic heterocycles. The van der Waals surface area contributed by atoms with E-state index in [1.165, 1.54) is 7.11 Å². The van der Waals surface area contributed by atoms with E-state index in [0.29, 0.717) is 49.1 Å². The Morgan fingerprint density at radius 2 is 1.62 bits per heavy atom. The number of rotatable bonds is 13. The molecular weight excluding hydrogens is 844 g/mol. The topological polar surface area (TPSA) is 93.2 Å². The number of hydrogen-bond donors (Lipinski definition) is 1. The fourth-order valence-electron chi connectivity index (χ4n) is 8.84. The number of nitrogens with zero attached hydrogens (tertiary/aromatic N) is 3. The minimum Gasteiger partial charge on any atom is -0.486 e. The van der Waals surface area contributed by atoms with Gasteiger partial charge < -0.3 is 19.5 Å². The van der Waals surface area contributed by atoms with Gasteiger partial charge in [-0.2, -0.15) is 0 Å². The molecule has 1 amide bonds. The van der Waals surface area contributed by atoms with Crippen molar-refractivity contribution >= 4 is 35.1 Å². The summed E-state index contributed by atoms with van der Waals surface area (Å²) in [5, 5.41) is 4.14. The van der Waals surface area contributed by atoms with Crippen molar-refractivity contribution in [2.24, 2.45) is 0 Å². The fraction of sp³-hybridized carbons (Fsp3) is 0.302. The molecule has 0 saturated carbocycles. The number of nitrogens with one attached hydrogen (secondary N) is 1. The van der Waals surface area contributed by atoms with Gasteiger partial charge in [0, 0.05) is 50.1 Å². The second-order valence-corrected chi connectivity index (χ2v) is 17.8. The largest absolute Gasteiger partial charge is 0.486 e. The summed E-state index contributed by atoms with van der Waals surface area (Å²) >= 11 is 12.5. The number of ether oxygens (including phenoxy) is 3. The van der Waals surface area contributed by atoms with E-state index >= 15 is 0 Å². The molecule has 64 heavy (non-hydrogen) atoms. The molecule has 0 radical (unpaired) electrons. The maximum absolute atomic E-state index is 14.5. The van der Waals surface area contributed by atoms with Gasteiger partial charge in [-0.1, -0.05) is 109 Å². The Labute approximate surface area is 386 Å². The summed E-state index contributed by atoms with van der Waals surface area (Å²) in [7, 11) is 3.46. The number of halogens is 2. The van der Waals surface area contributed by atoms with Gasteiger partial charge in [0.05, 0.1) is 23.2 Å². The van der Waals surface area contributed by atoms with Crippen LogP contribution in [0.5, 0.6) is 11.5 Å². The minimum absolute atomic E-state index is 0.170. The number of methoxy groups -OCH3 is 1. The SMILES string of the molecule is CC[C@@H](Oc1ccc([C@H]2CN(C)Cc3cc4c(cc3O2)CN(Cc2ccccc2)[C@H](C(=O)N[C@@H](Cc2ccc(-c3ccnc(C)c3C)cc2)C(=O)OC)C4)cc1)c1ccc(Cl)c(Cl)c1. The van der Waals surface area contributed by atoms with Crippen LogP contribution in [0.15, 0.2) is 121 Å². The summed E-state index contributed by atoms with van der Waals surface area (Å²) in [6.07, 6.45) is 2.97. The van der Waals surface area contributed by atoms with E-state index in [2.05, 4.69) is 77.4 Å². The molecule has 0 unspecified atom stereocenters. The van der Waals surface area contributed by atoms with Gasteiger partial charge in [-0.05, 0) is 120 Å². The maximum Gasteiger partial charge on any atom is 0.328 e. The lowest BCUT2D eigenvalue weighted by Crippen LogP contribution is -2.54. The summed E-state index contributed by atoms with van der Waals surface area (Å²) in [6, 6.07) is 37.0. The molecule has 4 atom stereocenters. The van der Waals surface area contributed by atoms with Gasteiger partial charge in [-0.3, -0.25) is 19.6 Å². The Morgan fingerprint density at radius 1 is 0.859 bits per heavy atom. The lowest BCUT2D eigenvalue weighted by Gasteiger charge is -2.37. The fourth-order valence-corrected chi connectivity index (χ4v) is 9.14. The normalized spacial score (nSPS) is 17.2. The Kier molecular flexibility index (Phi) is 14.0. The van der Waals surface area contributed by atoms with Crippen LogP contribution in [0.1, 0.15) is 75.8 Å². The van der Waals surface area contributed by atoms with Crippen molar-refractivity contribution in [3.05, 3.63) is 182 Å². The number of carbonyl (C=O) groups excluding carboxylic acids is 2. The number of likely N-dealkylation sites (N-methyl/N-ethyl adjacent to an activating group) is 1. The van der Waals surface area contributed by atoms with E-state index < -0.39 is 18.1 Å². The van der Waals surface area contributed by atoms with Crippen LogP contribution in [0.2, 0.25) is 10.0 Å². The molecule has 11 heteroatoms. The van der Waals surface area contributed by atoms with E-state index in [1.54, 1.807) is 6.07 Å². The number of aromatic nitrogens is 1. The highest BCUT2D eigenvalue weighted by Crippen LogP contribution is 2.38. The van der Waals surface area contributed by atoms with Crippen LogP contribution >= 0.6 is 23.2 Å². The summed E-state index contributed by atoms with van der Waals surface area (Å²) in [6.45, 7) is 8.61. The summed E-state index contributed by atoms with van der Waals surface area (Å²) < 4.78 is 18.5. The van der Waals surface area contributed by atoms with Gasteiger partial charge in [0.15, 0.2) is 0 Å². The zero-order valence-corrected chi connectivity index (χ0v) is 38.5. The van der Waals surface area contributed by atoms with Crippen LogP contribution in [0.3, 0.4) is 0 Å². The second kappa shape index (κ2) is 20.0. The van der Waals surface area contributed by atoms with Gasteiger partial charge in [-0.15, -0.1) is 0 Å². The quantitative estimate of drug-likeness (QED) is 0.115. The summed E-state index contributed by atoms with van der Waals surface area (Å²) in [5.41, 5.74) is 11.6. The highest BCUT2D eigenvalue weighted by atomic mass is 35.5. The van der Waals surface area contributed by atoms with Crippen LogP contribution in [0.4, 0.5) is 0 Å². The van der Waals surface area contributed by atoms with E-state index in [9.17, 15) is 9.59 Å². The second-order valence-electron chi connectivity index (χ2n) is 17.0.